The van der Waals surface area contributed by atoms with E-state index in [-0.39, 0.29) is 12.3 Å². The monoisotopic (exact) mass is 282 g/mol. The molecule has 2 N–H and O–H groups in total. The van der Waals surface area contributed by atoms with Crippen molar-refractivity contribution >= 4 is 17.6 Å². The normalized spacial score (nSPS) is 10.3. The van der Waals surface area contributed by atoms with E-state index < -0.39 is 5.97 Å². The number of rotatable bonds is 8. The van der Waals surface area contributed by atoms with Gasteiger partial charge in [0.15, 0.2) is 0 Å². The SMILES string of the molecule is CCCOCCC(=O)Nc1c[nH]c(C)c1C(=O)OCC. The summed E-state index contributed by atoms with van der Waals surface area (Å²) in [6.07, 6.45) is 2.77. The van der Waals surface area contributed by atoms with E-state index in [1.165, 1.54) is 0 Å². The second-order valence-corrected chi connectivity index (χ2v) is 4.33. The Hall–Kier alpha value is -1.82. The van der Waals surface area contributed by atoms with Gasteiger partial charge >= 0.3 is 5.97 Å². The van der Waals surface area contributed by atoms with Crippen molar-refractivity contribution in [2.45, 2.75) is 33.6 Å². The van der Waals surface area contributed by atoms with Crippen molar-refractivity contribution in [3.63, 3.8) is 0 Å². The van der Waals surface area contributed by atoms with Crippen molar-refractivity contribution in [2.75, 3.05) is 25.1 Å². The predicted molar refractivity (Wildman–Crippen MR) is 75.8 cm³/mol. The zero-order valence-electron chi connectivity index (χ0n) is 12.2. The first-order valence-corrected chi connectivity index (χ1v) is 6.82. The van der Waals surface area contributed by atoms with E-state index in [1.54, 1.807) is 20.0 Å². The molecule has 0 spiro atoms. The molecule has 0 radical (unpaired) electrons. The van der Waals surface area contributed by atoms with Gasteiger partial charge in [0.05, 0.1) is 25.3 Å². The van der Waals surface area contributed by atoms with Gasteiger partial charge in [-0.25, -0.2) is 4.79 Å². The molecule has 112 valence electrons. The van der Waals surface area contributed by atoms with Crippen LogP contribution in [0, 0.1) is 6.92 Å². The number of aromatic nitrogens is 1. The molecule has 1 rings (SSSR count). The molecule has 0 aliphatic heterocycles. The fraction of sp³-hybridized carbons (Fsp3) is 0.571. The van der Waals surface area contributed by atoms with E-state index in [4.69, 9.17) is 9.47 Å². The Kier molecular flexibility index (Phi) is 6.79. The number of hydrogen-bond acceptors (Lipinski definition) is 4. The van der Waals surface area contributed by atoms with Crippen LogP contribution in [0.5, 0.6) is 0 Å². The first kappa shape index (κ1) is 16.2. The van der Waals surface area contributed by atoms with Crippen molar-refractivity contribution in [2.24, 2.45) is 0 Å². The van der Waals surface area contributed by atoms with Crippen molar-refractivity contribution in [1.82, 2.24) is 4.98 Å². The molecule has 0 saturated carbocycles. The Morgan fingerprint density at radius 2 is 2.05 bits per heavy atom. The third-order valence-corrected chi connectivity index (χ3v) is 2.65. The number of nitrogens with one attached hydrogen (secondary N) is 2. The van der Waals surface area contributed by atoms with Crippen LogP contribution in [0.15, 0.2) is 6.20 Å². The summed E-state index contributed by atoms with van der Waals surface area (Å²) < 4.78 is 10.2. The maximum Gasteiger partial charge on any atom is 0.342 e. The topological polar surface area (TPSA) is 80.4 Å². The van der Waals surface area contributed by atoms with E-state index >= 15 is 0 Å². The Morgan fingerprint density at radius 1 is 1.30 bits per heavy atom. The summed E-state index contributed by atoms with van der Waals surface area (Å²) in [5, 5.41) is 2.70. The van der Waals surface area contributed by atoms with Gasteiger partial charge in [0.1, 0.15) is 5.56 Å². The van der Waals surface area contributed by atoms with Gasteiger partial charge in [-0.2, -0.15) is 0 Å². The van der Waals surface area contributed by atoms with Gasteiger partial charge in [0.2, 0.25) is 5.91 Å². The van der Waals surface area contributed by atoms with Gasteiger partial charge in [-0.15, -0.1) is 0 Å². The molecular formula is C14H22N2O4. The number of H-pyrrole nitrogens is 1. The molecule has 0 aliphatic carbocycles. The molecular weight excluding hydrogens is 260 g/mol. The minimum absolute atomic E-state index is 0.189. The lowest BCUT2D eigenvalue weighted by Crippen LogP contribution is -2.16. The summed E-state index contributed by atoms with van der Waals surface area (Å²) in [7, 11) is 0. The lowest BCUT2D eigenvalue weighted by Gasteiger charge is -2.07. The smallest absolute Gasteiger partial charge is 0.342 e. The molecule has 0 atom stereocenters. The molecule has 1 amide bonds. The molecule has 0 unspecified atom stereocenters. The number of carbonyl (C=O) groups is 2. The summed E-state index contributed by atoms with van der Waals surface area (Å²) in [4.78, 5) is 26.5. The molecule has 6 heteroatoms. The average Bonchev–Trinajstić information content (AvgIpc) is 2.76. The molecule has 0 fully saturated rings. The van der Waals surface area contributed by atoms with Gasteiger partial charge in [-0.3, -0.25) is 4.79 Å². The van der Waals surface area contributed by atoms with E-state index in [9.17, 15) is 9.59 Å². The number of hydrogen-bond donors (Lipinski definition) is 2. The molecule has 20 heavy (non-hydrogen) atoms. The van der Waals surface area contributed by atoms with Crippen molar-refractivity contribution in [3.05, 3.63) is 17.5 Å². The minimum atomic E-state index is -0.441. The second kappa shape index (κ2) is 8.37. The van der Waals surface area contributed by atoms with Crippen LogP contribution < -0.4 is 5.32 Å². The van der Waals surface area contributed by atoms with Gasteiger partial charge in [-0.05, 0) is 20.3 Å². The number of aromatic amines is 1. The van der Waals surface area contributed by atoms with Crippen LogP contribution in [0.3, 0.4) is 0 Å². The van der Waals surface area contributed by atoms with E-state index in [2.05, 4.69) is 10.3 Å². The van der Waals surface area contributed by atoms with Gasteiger partial charge in [-0.1, -0.05) is 6.92 Å². The number of amides is 1. The maximum absolute atomic E-state index is 11.8. The largest absolute Gasteiger partial charge is 0.462 e. The second-order valence-electron chi connectivity index (χ2n) is 4.33. The van der Waals surface area contributed by atoms with Crippen LogP contribution in [-0.2, 0) is 14.3 Å². The van der Waals surface area contributed by atoms with Gasteiger partial charge in [0.25, 0.3) is 0 Å². The maximum atomic E-state index is 11.8. The highest BCUT2D eigenvalue weighted by Gasteiger charge is 2.18. The molecule has 1 aromatic rings. The highest BCUT2D eigenvalue weighted by atomic mass is 16.5. The first-order valence-electron chi connectivity index (χ1n) is 6.82. The van der Waals surface area contributed by atoms with Crippen LogP contribution >= 0.6 is 0 Å². The fourth-order valence-electron chi connectivity index (χ4n) is 1.72. The molecule has 0 saturated heterocycles. The highest BCUT2D eigenvalue weighted by Crippen LogP contribution is 2.20. The fourth-order valence-corrected chi connectivity index (χ4v) is 1.72. The summed E-state index contributed by atoms with van der Waals surface area (Å²) >= 11 is 0. The van der Waals surface area contributed by atoms with Crippen LogP contribution in [0.1, 0.15) is 42.7 Å². The summed E-state index contributed by atoms with van der Waals surface area (Å²) in [6.45, 7) is 6.81. The third-order valence-electron chi connectivity index (χ3n) is 2.65. The Balaban J connectivity index is 2.59. The molecule has 1 aromatic heterocycles. The summed E-state index contributed by atoms with van der Waals surface area (Å²) in [5.74, 6) is -0.630. The molecule has 0 aliphatic rings. The lowest BCUT2D eigenvalue weighted by atomic mass is 10.2. The molecule has 1 heterocycles. The molecule has 0 aromatic carbocycles. The van der Waals surface area contributed by atoms with Crippen molar-refractivity contribution in [1.29, 1.82) is 0 Å². The number of carbonyl (C=O) groups excluding carboxylic acids is 2. The van der Waals surface area contributed by atoms with E-state index in [0.717, 1.165) is 6.42 Å². The summed E-state index contributed by atoms with van der Waals surface area (Å²) in [6, 6.07) is 0. The zero-order chi connectivity index (χ0) is 15.0. The standard InChI is InChI=1S/C14H22N2O4/c1-4-7-19-8-6-12(17)16-11-9-15-10(3)13(11)14(18)20-5-2/h9,15H,4-8H2,1-3H3,(H,16,17). The van der Waals surface area contributed by atoms with E-state index in [1.807, 2.05) is 6.92 Å². The highest BCUT2D eigenvalue weighted by molar-refractivity contribution is 6.02. The van der Waals surface area contributed by atoms with Gasteiger partial charge in [0, 0.05) is 18.5 Å². The Bertz CT molecular complexity index is 454. The van der Waals surface area contributed by atoms with Crippen LogP contribution in [-0.4, -0.2) is 36.7 Å². The number of esters is 1. The number of aryl methyl sites for hydroxylation is 1. The Morgan fingerprint density at radius 3 is 2.70 bits per heavy atom. The minimum Gasteiger partial charge on any atom is -0.462 e. The predicted octanol–water partition coefficient (Wildman–Crippen LogP) is 2.26. The van der Waals surface area contributed by atoms with Crippen molar-refractivity contribution in [3.8, 4) is 0 Å². The number of anilines is 1. The molecule has 0 bridgehead atoms. The lowest BCUT2D eigenvalue weighted by molar-refractivity contribution is -0.117. The summed E-state index contributed by atoms with van der Waals surface area (Å²) in [5.41, 5.74) is 1.48. The van der Waals surface area contributed by atoms with E-state index in [0.29, 0.717) is 36.8 Å². The van der Waals surface area contributed by atoms with Crippen molar-refractivity contribution < 1.29 is 19.1 Å². The van der Waals surface area contributed by atoms with Crippen LogP contribution in [0.25, 0.3) is 0 Å². The van der Waals surface area contributed by atoms with Crippen LogP contribution in [0.4, 0.5) is 5.69 Å². The quantitative estimate of drug-likeness (QED) is 0.566. The molecule has 6 nitrogen and oxygen atoms in total. The third kappa shape index (κ3) is 4.70. The van der Waals surface area contributed by atoms with Crippen LogP contribution in [0.2, 0.25) is 0 Å². The Labute approximate surface area is 118 Å². The zero-order valence-corrected chi connectivity index (χ0v) is 12.2. The first-order chi connectivity index (χ1) is 9.60. The number of ether oxygens (including phenoxy) is 2. The average molecular weight is 282 g/mol. The van der Waals surface area contributed by atoms with Gasteiger partial charge < -0.3 is 19.8 Å².